The van der Waals surface area contributed by atoms with Crippen LogP contribution in [0.1, 0.15) is 5.56 Å². The van der Waals surface area contributed by atoms with E-state index in [0.29, 0.717) is 19.1 Å². The molecule has 0 radical (unpaired) electrons. The van der Waals surface area contributed by atoms with Gasteiger partial charge in [0.1, 0.15) is 6.61 Å². The first-order valence-electron chi connectivity index (χ1n) is 4.73. The van der Waals surface area contributed by atoms with Crippen molar-refractivity contribution in [2.75, 3.05) is 20.3 Å². The van der Waals surface area contributed by atoms with E-state index in [9.17, 15) is 0 Å². The second kappa shape index (κ2) is 4.27. The van der Waals surface area contributed by atoms with E-state index in [2.05, 4.69) is 10.1 Å². The van der Waals surface area contributed by atoms with Crippen molar-refractivity contribution >= 4 is 5.52 Å². The number of aromatic nitrogens is 3. The van der Waals surface area contributed by atoms with E-state index in [1.54, 1.807) is 30.2 Å². The largest absolute Gasteiger partial charge is 0.474 e. The zero-order chi connectivity index (χ0) is 10.7. The lowest BCUT2D eigenvalue weighted by Crippen LogP contribution is -2.06. The van der Waals surface area contributed by atoms with Crippen LogP contribution >= 0.6 is 0 Å². The summed E-state index contributed by atoms with van der Waals surface area (Å²) in [5.41, 5.74) is 2.10. The molecular formula is C10H13N3O2. The number of rotatable bonds is 4. The fraction of sp³-hybridized carbons (Fsp3) is 0.400. The molecule has 5 heteroatoms. The maximum absolute atomic E-state index is 5.37. The topological polar surface area (TPSA) is 48.7 Å². The zero-order valence-electron chi connectivity index (χ0n) is 8.80. The van der Waals surface area contributed by atoms with E-state index in [1.807, 2.05) is 6.92 Å². The predicted molar refractivity (Wildman–Crippen MR) is 55.1 cm³/mol. The van der Waals surface area contributed by atoms with Crippen LogP contribution < -0.4 is 4.74 Å². The quantitative estimate of drug-likeness (QED) is 0.703. The molecule has 15 heavy (non-hydrogen) atoms. The number of hydrogen-bond donors (Lipinski definition) is 0. The van der Waals surface area contributed by atoms with E-state index in [1.165, 1.54) is 0 Å². The monoisotopic (exact) mass is 207 g/mol. The molecule has 0 saturated carbocycles. The number of aryl methyl sites for hydroxylation is 1. The van der Waals surface area contributed by atoms with E-state index in [-0.39, 0.29) is 0 Å². The Morgan fingerprint density at radius 2 is 2.20 bits per heavy atom. The zero-order valence-corrected chi connectivity index (χ0v) is 8.80. The Bertz CT molecular complexity index is 453. The van der Waals surface area contributed by atoms with Gasteiger partial charge >= 0.3 is 0 Å². The molecule has 5 nitrogen and oxygen atoms in total. The fourth-order valence-electron chi connectivity index (χ4n) is 1.29. The van der Waals surface area contributed by atoms with E-state index in [0.717, 1.165) is 11.1 Å². The Balaban J connectivity index is 2.16. The molecule has 0 aliphatic heterocycles. The highest BCUT2D eigenvalue weighted by molar-refractivity contribution is 5.51. The van der Waals surface area contributed by atoms with Crippen molar-refractivity contribution in [3.63, 3.8) is 0 Å². The Kier molecular flexibility index (Phi) is 2.82. The third-order valence-corrected chi connectivity index (χ3v) is 2.11. The number of hydrogen-bond acceptors (Lipinski definition) is 4. The van der Waals surface area contributed by atoms with Crippen LogP contribution in [0.5, 0.6) is 5.88 Å². The van der Waals surface area contributed by atoms with Gasteiger partial charge in [-0.3, -0.25) is 0 Å². The Morgan fingerprint density at radius 1 is 1.33 bits per heavy atom. The summed E-state index contributed by atoms with van der Waals surface area (Å²) in [7, 11) is 1.64. The van der Waals surface area contributed by atoms with Crippen molar-refractivity contribution in [1.82, 2.24) is 14.6 Å². The van der Waals surface area contributed by atoms with Crippen LogP contribution in [-0.2, 0) is 4.74 Å². The lowest BCUT2D eigenvalue weighted by molar-refractivity contribution is 0.143. The molecule has 2 heterocycles. The van der Waals surface area contributed by atoms with Crippen LogP contribution in [0.2, 0.25) is 0 Å². The summed E-state index contributed by atoms with van der Waals surface area (Å²) in [6, 6.07) is 0. The minimum absolute atomic E-state index is 0.495. The predicted octanol–water partition coefficient (Wildman–Crippen LogP) is 1.06. The second-order valence-electron chi connectivity index (χ2n) is 3.22. The van der Waals surface area contributed by atoms with Gasteiger partial charge in [-0.25, -0.2) is 9.50 Å². The standard InChI is InChI=1S/C10H13N3O2/c1-8-5-12-13-7-10(11-6-9(8)13)15-4-3-14-2/h5-7H,3-4H2,1-2H3. The van der Waals surface area contributed by atoms with Gasteiger partial charge in [0.25, 0.3) is 0 Å². The molecule has 2 rings (SSSR count). The summed E-state index contributed by atoms with van der Waals surface area (Å²) < 4.78 is 12.0. The minimum Gasteiger partial charge on any atom is -0.474 e. The van der Waals surface area contributed by atoms with Gasteiger partial charge in [-0.05, 0) is 12.5 Å². The lowest BCUT2D eigenvalue weighted by atomic mass is 10.3. The molecule has 0 aliphatic carbocycles. The molecule has 0 saturated heterocycles. The normalized spacial score (nSPS) is 10.8. The van der Waals surface area contributed by atoms with Gasteiger partial charge in [0, 0.05) is 7.11 Å². The third-order valence-electron chi connectivity index (χ3n) is 2.11. The van der Waals surface area contributed by atoms with E-state index >= 15 is 0 Å². The average molecular weight is 207 g/mol. The summed E-state index contributed by atoms with van der Waals surface area (Å²) in [6.07, 6.45) is 5.32. The molecule has 0 atom stereocenters. The average Bonchev–Trinajstić information content (AvgIpc) is 2.61. The van der Waals surface area contributed by atoms with Crippen molar-refractivity contribution in [3.8, 4) is 5.88 Å². The van der Waals surface area contributed by atoms with Crippen LogP contribution in [0.15, 0.2) is 18.6 Å². The summed E-state index contributed by atoms with van der Waals surface area (Å²) in [6.45, 7) is 3.04. The highest BCUT2D eigenvalue weighted by Gasteiger charge is 2.02. The first-order chi connectivity index (χ1) is 7.31. The van der Waals surface area contributed by atoms with Crippen molar-refractivity contribution in [1.29, 1.82) is 0 Å². The first kappa shape index (κ1) is 9.92. The van der Waals surface area contributed by atoms with Crippen molar-refractivity contribution < 1.29 is 9.47 Å². The van der Waals surface area contributed by atoms with Gasteiger partial charge in [-0.1, -0.05) is 0 Å². The Hall–Kier alpha value is -1.62. The highest BCUT2D eigenvalue weighted by atomic mass is 16.5. The molecule has 2 aromatic rings. The van der Waals surface area contributed by atoms with Crippen molar-refractivity contribution in [2.45, 2.75) is 6.92 Å². The molecule has 0 amide bonds. The minimum atomic E-state index is 0.495. The Labute approximate surface area is 87.6 Å². The molecule has 80 valence electrons. The number of ether oxygens (including phenoxy) is 2. The molecule has 0 bridgehead atoms. The molecular weight excluding hydrogens is 194 g/mol. The van der Waals surface area contributed by atoms with Crippen molar-refractivity contribution in [2.24, 2.45) is 0 Å². The summed E-state index contributed by atoms with van der Waals surface area (Å²) in [5, 5.41) is 4.17. The summed E-state index contributed by atoms with van der Waals surface area (Å²) in [5.74, 6) is 0.558. The van der Waals surface area contributed by atoms with Gasteiger partial charge < -0.3 is 9.47 Å². The molecule has 0 aliphatic rings. The van der Waals surface area contributed by atoms with Gasteiger partial charge in [0.2, 0.25) is 5.88 Å². The second-order valence-corrected chi connectivity index (χ2v) is 3.22. The van der Waals surface area contributed by atoms with Gasteiger partial charge in [0.05, 0.1) is 30.7 Å². The van der Waals surface area contributed by atoms with Gasteiger partial charge in [0.15, 0.2) is 0 Å². The molecule has 0 spiro atoms. The maximum Gasteiger partial charge on any atom is 0.232 e. The molecule has 0 aromatic carbocycles. The van der Waals surface area contributed by atoms with Crippen LogP contribution in [0.3, 0.4) is 0 Å². The Morgan fingerprint density at radius 3 is 3.00 bits per heavy atom. The molecule has 0 fully saturated rings. The first-order valence-corrected chi connectivity index (χ1v) is 4.73. The SMILES string of the molecule is COCCOc1cn2ncc(C)c2cn1. The molecule has 2 aromatic heterocycles. The van der Waals surface area contributed by atoms with E-state index in [4.69, 9.17) is 9.47 Å². The lowest BCUT2D eigenvalue weighted by Gasteiger charge is -2.04. The van der Waals surface area contributed by atoms with Crippen LogP contribution in [-0.4, -0.2) is 34.9 Å². The summed E-state index contributed by atoms with van der Waals surface area (Å²) in [4.78, 5) is 4.17. The third kappa shape index (κ3) is 2.07. The van der Waals surface area contributed by atoms with Gasteiger partial charge in [-0.2, -0.15) is 5.10 Å². The number of fused-ring (bicyclic) bond motifs is 1. The fourth-order valence-corrected chi connectivity index (χ4v) is 1.29. The summed E-state index contributed by atoms with van der Waals surface area (Å²) >= 11 is 0. The molecule has 0 N–H and O–H groups in total. The van der Waals surface area contributed by atoms with Crippen LogP contribution in [0.25, 0.3) is 5.52 Å². The van der Waals surface area contributed by atoms with Gasteiger partial charge in [-0.15, -0.1) is 0 Å². The molecule has 0 unspecified atom stereocenters. The maximum atomic E-state index is 5.37. The van der Waals surface area contributed by atoms with E-state index < -0.39 is 0 Å². The highest BCUT2D eigenvalue weighted by Crippen LogP contribution is 2.11. The number of methoxy groups -OCH3 is 1. The van der Waals surface area contributed by atoms with Crippen LogP contribution in [0, 0.1) is 6.92 Å². The van der Waals surface area contributed by atoms with Crippen molar-refractivity contribution in [3.05, 3.63) is 24.2 Å². The smallest absolute Gasteiger partial charge is 0.232 e. The number of nitrogens with zero attached hydrogens (tertiary/aromatic N) is 3. The van der Waals surface area contributed by atoms with Crippen LogP contribution in [0.4, 0.5) is 0 Å².